The van der Waals surface area contributed by atoms with Gasteiger partial charge in [0.2, 0.25) is 5.91 Å². The molecule has 144 valence electrons. The molecule has 3 rings (SSSR count). The Labute approximate surface area is 174 Å². The third-order valence-corrected chi connectivity index (χ3v) is 4.85. The van der Waals surface area contributed by atoms with Crippen LogP contribution in [0.2, 0.25) is 0 Å². The van der Waals surface area contributed by atoms with E-state index in [9.17, 15) is 4.79 Å². The molecule has 1 atom stereocenters. The van der Waals surface area contributed by atoms with Crippen molar-refractivity contribution in [3.8, 4) is 11.3 Å². The molecule has 1 saturated heterocycles. The Kier molecular flexibility index (Phi) is 9.10. The molecule has 1 amide bonds. The molecule has 1 aromatic carbocycles. The van der Waals surface area contributed by atoms with Crippen LogP contribution in [-0.4, -0.2) is 41.5 Å². The third kappa shape index (κ3) is 5.46. The zero-order chi connectivity index (χ0) is 17.1. The fraction of sp³-hybridized carbons (Fsp3) is 0.444. The number of benzene rings is 1. The van der Waals surface area contributed by atoms with Crippen LogP contribution in [0.3, 0.4) is 0 Å². The first-order valence-corrected chi connectivity index (χ1v) is 9.06. The molecule has 0 spiro atoms. The molecule has 1 fully saturated rings. The van der Waals surface area contributed by atoms with E-state index in [1.165, 1.54) is 0 Å². The Morgan fingerprint density at radius 1 is 1.35 bits per heavy atom. The Bertz CT molecular complexity index is 722. The topological polar surface area (TPSA) is 58.4 Å². The number of carbonyl (C=O) groups excluding carboxylic acids is 1. The molecule has 1 aliphatic rings. The van der Waals surface area contributed by atoms with Crippen LogP contribution >= 0.6 is 40.7 Å². The van der Waals surface area contributed by atoms with Crippen molar-refractivity contribution >= 4 is 46.7 Å². The quantitative estimate of drug-likeness (QED) is 0.742. The van der Waals surface area contributed by atoms with E-state index in [-0.39, 0.29) is 36.8 Å². The summed E-state index contributed by atoms with van der Waals surface area (Å²) < 4.78 is 6.92. The molecule has 1 aliphatic heterocycles. The molecule has 1 aromatic heterocycles. The lowest BCUT2D eigenvalue weighted by Gasteiger charge is -2.34. The monoisotopic (exact) mass is 463 g/mol. The molecule has 0 radical (unpaired) electrons. The van der Waals surface area contributed by atoms with Gasteiger partial charge >= 0.3 is 0 Å². The summed E-state index contributed by atoms with van der Waals surface area (Å²) in [6.45, 7) is 6.50. The van der Waals surface area contributed by atoms with Gasteiger partial charge in [0.15, 0.2) is 11.7 Å². The fourth-order valence-corrected chi connectivity index (χ4v) is 3.26. The van der Waals surface area contributed by atoms with E-state index in [0.717, 1.165) is 41.1 Å². The fourth-order valence-electron chi connectivity index (χ4n) is 3.00. The first-order chi connectivity index (χ1) is 11.5. The average molecular weight is 465 g/mol. The molecule has 1 N–H and O–H groups in total. The third-order valence-electron chi connectivity index (χ3n) is 4.32. The van der Waals surface area contributed by atoms with E-state index in [2.05, 4.69) is 33.2 Å². The summed E-state index contributed by atoms with van der Waals surface area (Å²) in [6.07, 6.45) is 0.969. The summed E-state index contributed by atoms with van der Waals surface area (Å²) in [5.74, 6) is 1.58. The van der Waals surface area contributed by atoms with Gasteiger partial charge in [-0.05, 0) is 26.0 Å². The summed E-state index contributed by atoms with van der Waals surface area (Å²) in [7, 11) is 0. The second kappa shape index (κ2) is 10.3. The molecular formula is C18H24BrCl2N3O2. The highest BCUT2D eigenvalue weighted by atomic mass is 79.9. The van der Waals surface area contributed by atoms with Crippen LogP contribution in [0, 0.1) is 6.92 Å². The minimum atomic E-state index is 0. The summed E-state index contributed by atoms with van der Waals surface area (Å²) in [4.78, 5) is 18.8. The number of hydrogen-bond donors (Lipinski definition) is 1. The number of rotatable bonds is 4. The molecule has 26 heavy (non-hydrogen) atoms. The predicted molar refractivity (Wildman–Crippen MR) is 111 cm³/mol. The Balaban J connectivity index is 0.00000169. The van der Waals surface area contributed by atoms with E-state index in [0.29, 0.717) is 18.7 Å². The second-order valence-electron chi connectivity index (χ2n) is 6.17. The van der Waals surface area contributed by atoms with Gasteiger partial charge in [-0.25, -0.2) is 4.98 Å². The first-order valence-electron chi connectivity index (χ1n) is 8.27. The number of aromatic nitrogens is 1. The lowest BCUT2D eigenvalue weighted by Crippen LogP contribution is -2.52. The lowest BCUT2D eigenvalue weighted by molar-refractivity contribution is -0.134. The molecule has 0 saturated carbocycles. The van der Waals surface area contributed by atoms with Crippen molar-refractivity contribution in [2.45, 2.75) is 32.7 Å². The summed E-state index contributed by atoms with van der Waals surface area (Å²) in [6, 6.07) is 8.19. The Morgan fingerprint density at radius 2 is 2.04 bits per heavy atom. The average Bonchev–Trinajstić information content (AvgIpc) is 2.95. The maximum absolute atomic E-state index is 12.4. The molecular weight excluding hydrogens is 441 g/mol. The van der Waals surface area contributed by atoms with Crippen molar-refractivity contribution in [1.29, 1.82) is 0 Å². The van der Waals surface area contributed by atoms with Gasteiger partial charge in [0.05, 0.1) is 5.69 Å². The van der Waals surface area contributed by atoms with Gasteiger partial charge in [0, 0.05) is 48.6 Å². The maximum Gasteiger partial charge on any atom is 0.223 e. The van der Waals surface area contributed by atoms with Gasteiger partial charge in [0.1, 0.15) is 0 Å². The standard InChI is InChI=1S/C18H22BrN3O2.2ClH/c1-12-11-20-9-10-22(12)17(23)8-7-16-21-13(2)18(24-16)14-3-5-15(19)6-4-14;;/h3-6,12,20H,7-11H2,1-2H3;2*1H/t12-;;/m0../s1. The number of halogens is 3. The predicted octanol–water partition coefficient (Wildman–Crippen LogP) is 4.01. The van der Waals surface area contributed by atoms with Crippen LogP contribution in [0.1, 0.15) is 24.9 Å². The van der Waals surface area contributed by atoms with Gasteiger partial charge in [-0.2, -0.15) is 0 Å². The van der Waals surface area contributed by atoms with Crippen molar-refractivity contribution in [2.75, 3.05) is 19.6 Å². The molecule has 0 bridgehead atoms. The number of hydrogen-bond acceptors (Lipinski definition) is 4. The highest BCUT2D eigenvalue weighted by molar-refractivity contribution is 9.10. The number of oxazole rings is 1. The van der Waals surface area contributed by atoms with Crippen LogP contribution in [0.15, 0.2) is 33.2 Å². The first kappa shape index (κ1) is 23.0. The smallest absolute Gasteiger partial charge is 0.223 e. The number of aryl methyl sites for hydroxylation is 2. The van der Waals surface area contributed by atoms with Crippen molar-refractivity contribution < 1.29 is 9.21 Å². The van der Waals surface area contributed by atoms with Crippen LogP contribution in [-0.2, 0) is 11.2 Å². The van der Waals surface area contributed by atoms with E-state index < -0.39 is 0 Å². The van der Waals surface area contributed by atoms with Crippen molar-refractivity contribution in [1.82, 2.24) is 15.2 Å². The number of nitrogens with zero attached hydrogens (tertiary/aromatic N) is 2. The van der Waals surface area contributed by atoms with E-state index >= 15 is 0 Å². The summed E-state index contributed by atoms with van der Waals surface area (Å²) in [5, 5.41) is 3.30. The SMILES string of the molecule is Cc1nc(CCC(=O)N2CCNC[C@@H]2C)oc1-c1ccc(Br)cc1.Cl.Cl. The molecule has 2 heterocycles. The molecule has 0 unspecified atom stereocenters. The lowest BCUT2D eigenvalue weighted by atomic mass is 10.1. The molecule has 8 heteroatoms. The second-order valence-corrected chi connectivity index (χ2v) is 7.08. The van der Waals surface area contributed by atoms with Gasteiger partial charge < -0.3 is 14.6 Å². The Morgan fingerprint density at radius 3 is 2.69 bits per heavy atom. The van der Waals surface area contributed by atoms with Gasteiger partial charge in [-0.3, -0.25) is 4.79 Å². The van der Waals surface area contributed by atoms with E-state index in [1.807, 2.05) is 36.1 Å². The molecule has 5 nitrogen and oxygen atoms in total. The minimum absolute atomic E-state index is 0. The van der Waals surface area contributed by atoms with Crippen molar-refractivity contribution in [3.63, 3.8) is 0 Å². The van der Waals surface area contributed by atoms with Crippen molar-refractivity contribution in [3.05, 3.63) is 40.3 Å². The van der Waals surface area contributed by atoms with Gasteiger partial charge in [-0.15, -0.1) is 24.8 Å². The zero-order valence-electron chi connectivity index (χ0n) is 14.8. The minimum Gasteiger partial charge on any atom is -0.440 e. The summed E-state index contributed by atoms with van der Waals surface area (Å²) in [5.41, 5.74) is 1.85. The highest BCUT2D eigenvalue weighted by Crippen LogP contribution is 2.26. The number of carbonyl (C=O) groups is 1. The van der Waals surface area contributed by atoms with Crippen LogP contribution in [0.4, 0.5) is 0 Å². The molecule has 2 aromatic rings. The normalized spacial score (nSPS) is 16.6. The van der Waals surface area contributed by atoms with Gasteiger partial charge in [-0.1, -0.05) is 28.1 Å². The zero-order valence-corrected chi connectivity index (χ0v) is 18.0. The molecule has 0 aliphatic carbocycles. The van der Waals surface area contributed by atoms with Gasteiger partial charge in [0.25, 0.3) is 0 Å². The number of amides is 1. The maximum atomic E-state index is 12.4. The highest BCUT2D eigenvalue weighted by Gasteiger charge is 2.23. The summed E-state index contributed by atoms with van der Waals surface area (Å²) >= 11 is 3.43. The largest absolute Gasteiger partial charge is 0.440 e. The van der Waals surface area contributed by atoms with Crippen LogP contribution < -0.4 is 5.32 Å². The number of nitrogens with one attached hydrogen (secondary N) is 1. The Hall–Kier alpha value is -1.08. The van der Waals surface area contributed by atoms with Crippen LogP contribution in [0.25, 0.3) is 11.3 Å². The van der Waals surface area contributed by atoms with Crippen molar-refractivity contribution in [2.24, 2.45) is 0 Å². The van der Waals surface area contributed by atoms with E-state index in [4.69, 9.17) is 4.42 Å². The van der Waals surface area contributed by atoms with Crippen LogP contribution in [0.5, 0.6) is 0 Å². The van der Waals surface area contributed by atoms with E-state index in [1.54, 1.807) is 0 Å². The number of piperazine rings is 1.